The van der Waals surface area contributed by atoms with Gasteiger partial charge in [0.1, 0.15) is 9.84 Å². The summed E-state index contributed by atoms with van der Waals surface area (Å²) in [7, 11) is -2.92. The molecule has 0 fully saturated rings. The standard InChI is InChI=1S/C17H37N3O2S/c1-8-18-16(20-15(4)10-9-14(2)3)19-13-17(5,6)11-12-23(7,21)22/h14-15H,8-13H2,1-7H3,(H2,18,19,20). The normalized spacial score (nSPS) is 14.9. The fraction of sp³-hybridized carbons (Fsp3) is 0.941. The van der Waals surface area contributed by atoms with E-state index in [4.69, 9.17) is 0 Å². The summed E-state index contributed by atoms with van der Waals surface area (Å²) >= 11 is 0. The summed E-state index contributed by atoms with van der Waals surface area (Å²) in [5, 5.41) is 6.71. The molecule has 23 heavy (non-hydrogen) atoms. The summed E-state index contributed by atoms with van der Waals surface area (Å²) in [6.07, 6.45) is 4.21. The van der Waals surface area contributed by atoms with Crippen LogP contribution in [-0.4, -0.2) is 45.5 Å². The first kappa shape index (κ1) is 22.2. The summed E-state index contributed by atoms with van der Waals surface area (Å²) in [6.45, 7) is 14.2. The molecule has 0 aromatic carbocycles. The van der Waals surface area contributed by atoms with Crippen molar-refractivity contribution in [1.82, 2.24) is 10.6 Å². The Balaban J connectivity index is 4.59. The molecule has 0 heterocycles. The first-order chi connectivity index (χ1) is 10.4. The molecule has 6 heteroatoms. The van der Waals surface area contributed by atoms with Crippen LogP contribution >= 0.6 is 0 Å². The largest absolute Gasteiger partial charge is 0.357 e. The number of hydrogen-bond acceptors (Lipinski definition) is 3. The Hall–Kier alpha value is -0.780. The van der Waals surface area contributed by atoms with E-state index in [1.807, 2.05) is 6.92 Å². The van der Waals surface area contributed by atoms with Crippen LogP contribution in [0.15, 0.2) is 4.99 Å². The number of nitrogens with zero attached hydrogens (tertiary/aromatic N) is 1. The molecular weight excluding hydrogens is 310 g/mol. The van der Waals surface area contributed by atoms with Gasteiger partial charge in [0.05, 0.1) is 5.75 Å². The molecule has 138 valence electrons. The number of hydrogen-bond donors (Lipinski definition) is 2. The van der Waals surface area contributed by atoms with E-state index >= 15 is 0 Å². The lowest BCUT2D eigenvalue weighted by atomic mass is 9.90. The molecular formula is C17H37N3O2S. The van der Waals surface area contributed by atoms with Gasteiger partial charge in [0.15, 0.2) is 5.96 Å². The van der Waals surface area contributed by atoms with Crippen LogP contribution in [0.4, 0.5) is 0 Å². The molecule has 0 saturated carbocycles. The molecule has 2 N–H and O–H groups in total. The highest BCUT2D eigenvalue weighted by molar-refractivity contribution is 7.90. The highest BCUT2D eigenvalue weighted by atomic mass is 32.2. The van der Waals surface area contributed by atoms with Crippen molar-refractivity contribution in [3.05, 3.63) is 0 Å². The van der Waals surface area contributed by atoms with Crippen molar-refractivity contribution in [3.63, 3.8) is 0 Å². The number of guanidine groups is 1. The molecule has 0 rings (SSSR count). The van der Waals surface area contributed by atoms with Crippen LogP contribution in [0.2, 0.25) is 0 Å². The molecule has 0 saturated heterocycles. The highest BCUT2D eigenvalue weighted by Gasteiger charge is 2.20. The van der Waals surface area contributed by atoms with E-state index in [0.717, 1.165) is 18.9 Å². The third kappa shape index (κ3) is 13.4. The molecule has 1 unspecified atom stereocenters. The number of rotatable bonds is 10. The molecule has 1 atom stereocenters. The van der Waals surface area contributed by atoms with Gasteiger partial charge in [-0.1, -0.05) is 27.7 Å². The lowest BCUT2D eigenvalue weighted by Crippen LogP contribution is -2.43. The monoisotopic (exact) mass is 347 g/mol. The Bertz CT molecular complexity index is 456. The zero-order valence-corrected chi connectivity index (χ0v) is 16.9. The van der Waals surface area contributed by atoms with Gasteiger partial charge in [-0.25, -0.2) is 8.42 Å². The van der Waals surface area contributed by atoms with Gasteiger partial charge < -0.3 is 10.6 Å². The zero-order chi connectivity index (χ0) is 18.1. The lowest BCUT2D eigenvalue weighted by molar-refractivity contribution is 0.365. The molecule has 0 spiro atoms. The van der Waals surface area contributed by atoms with Crippen molar-refractivity contribution >= 4 is 15.8 Å². The summed E-state index contributed by atoms with van der Waals surface area (Å²) in [5.74, 6) is 1.73. The van der Waals surface area contributed by atoms with Gasteiger partial charge >= 0.3 is 0 Å². The van der Waals surface area contributed by atoms with Gasteiger partial charge in [-0.2, -0.15) is 0 Å². The van der Waals surface area contributed by atoms with Gasteiger partial charge in [0.25, 0.3) is 0 Å². The van der Waals surface area contributed by atoms with E-state index in [2.05, 4.69) is 50.2 Å². The maximum atomic E-state index is 11.3. The van der Waals surface area contributed by atoms with Gasteiger partial charge in [-0.15, -0.1) is 0 Å². The van der Waals surface area contributed by atoms with Crippen molar-refractivity contribution in [2.24, 2.45) is 16.3 Å². The number of aliphatic imine (C=N–C) groups is 1. The van der Waals surface area contributed by atoms with Gasteiger partial charge in [0, 0.05) is 25.4 Å². The summed E-state index contributed by atoms with van der Waals surface area (Å²) in [5.41, 5.74) is -0.132. The zero-order valence-electron chi connectivity index (χ0n) is 16.1. The SMILES string of the molecule is CCNC(=NCC(C)(C)CCS(C)(=O)=O)NC(C)CCC(C)C. The van der Waals surface area contributed by atoms with E-state index in [1.54, 1.807) is 0 Å². The average molecular weight is 348 g/mol. The Morgan fingerprint density at radius 2 is 1.78 bits per heavy atom. The van der Waals surface area contributed by atoms with E-state index < -0.39 is 9.84 Å². The molecule has 0 aromatic rings. The van der Waals surface area contributed by atoms with Gasteiger partial charge in [0.2, 0.25) is 0 Å². The van der Waals surface area contributed by atoms with Crippen LogP contribution < -0.4 is 10.6 Å². The average Bonchev–Trinajstić information content (AvgIpc) is 2.40. The van der Waals surface area contributed by atoms with Gasteiger partial charge in [-0.05, 0) is 44.4 Å². The maximum Gasteiger partial charge on any atom is 0.191 e. The van der Waals surface area contributed by atoms with Crippen LogP contribution in [0.5, 0.6) is 0 Å². The summed E-state index contributed by atoms with van der Waals surface area (Å²) in [4.78, 5) is 4.65. The smallest absolute Gasteiger partial charge is 0.191 e. The third-order valence-electron chi connectivity index (χ3n) is 3.72. The second-order valence-corrected chi connectivity index (χ2v) is 10.0. The lowest BCUT2D eigenvalue weighted by Gasteiger charge is -2.24. The molecule has 0 aliphatic heterocycles. The minimum absolute atomic E-state index is 0.132. The fourth-order valence-electron chi connectivity index (χ4n) is 2.04. The molecule has 0 aromatic heterocycles. The predicted molar refractivity (Wildman–Crippen MR) is 101 cm³/mol. The van der Waals surface area contributed by atoms with E-state index in [-0.39, 0.29) is 11.2 Å². The molecule has 0 aliphatic carbocycles. The third-order valence-corrected chi connectivity index (χ3v) is 4.66. The Morgan fingerprint density at radius 3 is 2.26 bits per heavy atom. The van der Waals surface area contributed by atoms with Crippen molar-refractivity contribution in [2.75, 3.05) is 25.1 Å². The second-order valence-electron chi connectivity index (χ2n) is 7.76. The summed E-state index contributed by atoms with van der Waals surface area (Å²) in [6, 6.07) is 0.370. The minimum Gasteiger partial charge on any atom is -0.357 e. The van der Waals surface area contributed by atoms with E-state index in [1.165, 1.54) is 12.7 Å². The minimum atomic E-state index is -2.92. The highest BCUT2D eigenvalue weighted by Crippen LogP contribution is 2.21. The quantitative estimate of drug-likeness (QED) is 0.471. The molecule has 0 amide bonds. The Morgan fingerprint density at radius 1 is 1.17 bits per heavy atom. The van der Waals surface area contributed by atoms with Crippen molar-refractivity contribution in [2.45, 2.75) is 66.8 Å². The second kappa shape index (κ2) is 10.2. The van der Waals surface area contributed by atoms with Crippen LogP contribution in [-0.2, 0) is 9.84 Å². The van der Waals surface area contributed by atoms with Crippen LogP contribution in [0, 0.1) is 11.3 Å². The molecule has 0 aliphatic rings. The van der Waals surface area contributed by atoms with Crippen molar-refractivity contribution in [3.8, 4) is 0 Å². The number of nitrogens with one attached hydrogen (secondary N) is 2. The van der Waals surface area contributed by atoms with Gasteiger partial charge in [-0.3, -0.25) is 4.99 Å². The first-order valence-electron chi connectivity index (χ1n) is 8.68. The Kier molecular flexibility index (Phi) is 9.82. The molecule has 0 radical (unpaired) electrons. The Labute approximate surface area is 143 Å². The fourth-order valence-corrected chi connectivity index (χ4v) is 2.97. The van der Waals surface area contributed by atoms with Crippen molar-refractivity contribution < 1.29 is 8.42 Å². The predicted octanol–water partition coefficient (Wildman–Crippen LogP) is 2.83. The van der Waals surface area contributed by atoms with E-state index in [9.17, 15) is 8.42 Å². The van der Waals surface area contributed by atoms with Crippen LogP contribution in [0.3, 0.4) is 0 Å². The maximum absolute atomic E-state index is 11.3. The molecule has 5 nitrogen and oxygen atoms in total. The topological polar surface area (TPSA) is 70.6 Å². The number of sulfone groups is 1. The van der Waals surface area contributed by atoms with Crippen molar-refractivity contribution in [1.29, 1.82) is 0 Å². The molecule has 0 bridgehead atoms. The summed E-state index contributed by atoms with van der Waals surface area (Å²) < 4.78 is 22.7. The van der Waals surface area contributed by atoms with E-state index in [0.29, 0.717) is 24.9 Å². The van der Waals surface area contributed by atoms with Crippen LogP contribution in [0.25, 0.3) is 0 Å². The van der Waals surface area contributed by atoms with Crippen LogP contribution in [0.1, 0.15) is 60.8 Å². The first-order valence-corrected chi connectivity index (χ1v) is 10.7.